The second-order valence-corrected chi connectivity index (χ2v) is 11.4. The molecule has 3 nitrogen and oxygen atoms in total. The van der Waals surface area contributed by atoms with Crippen LogP contribution in [0.2, 0.25) is 0 Å². The fraction of sp³-hybridized carbons (Fsp3) is 0.367. The van der Waals surface area contributed by atoms with Crippen LogP contribution in [0.3, 0.4) is 0 Å². The third kappa shape index (κ3) is 5.67. The van der Waals surface area contributed by atoms with E-state index in [0.29, 0.717) is 5.25 Å². The average molecular weight is 474 g/mol. The maximum atomic E-state index is 12.7. The fourth-order valence-corrected chi connectivity index (χ4v) is 6.49. The molecule has 1 atom stereocenters. The van der Waals surface area contributed by atoms with Gasteiger partial charge in [-0.05, 0) is 56.7 Å². The summed E-state index contributed by atoms with van der Waals surface area (Å²) in [4.78, 5) is 14.6. The summed E-state index contributed by atoms with van der Waals surface area (Å²) in [7, 11) is 0. The van der Waals surface area contributed by atoms with Crippen molar-refractivity contribution in [3.8, 4) is 0 Å². The van der Waals surface area contributed by atoms with Crippen molar-refractivity contribution in [2.75, 3.05) is 13.1 Å². The number of hydrogen-bond acceptors (Lipinski definition) is 3. The van der Waals surface area contributed by atoms with Gasteiger partial charge in [0.15, 0.2) is 0 Å². The Kier molecular flexibility index (Phi) is 7.67. The maximum Gasteiger partial charge on any atom is 0.410 e. The summed E-state index contributed by atoms with van der Waals surface area (Å²) < 4.78 is 5.33. The molecule has 1 fully saturated rings. The lowest BCUT2D eigenvalue weighted by molar-refractivity contribution is 0.0257. The molecule has 1 unspecified atom stereocenters. The molecule has 3 aromatic rings. The van der Waals surface area contributed by atoms with Crippen LogP contribution in [-0.4, -0.2) is 34.9 Å². The molecule has 4 heteroatoms. The number of carbonyl (C=O) groups is 1. The van der Waals surface area contributed by atoms with E-state index in [1.54, 1.807) is 0 Å². The van der Waals surface area contributed by atoms with Gasteiger partial charge in [-0.15, -0.1) is 11.8 Å². The van der Waals surface area contributed by atoms with Crippen molar-refractivity contribution in [1.82, 2.24) is 4.90 Å². The second-order valence-electron chi connectivity index (χ2n) is 9.92. The summed E-state index contributed by atoms with van der Waals surface area (Å²) in [6, 6.07) is 32.5. The molecule has 34 heavy (non-hydrogen) atoms. The number of carbonyl (C=O) groups excluding carboxylic acids is 1. The topological polar surface area (TPSA) is 29.5 Å². The molecule has 1 saturated heterocycles. The zero-order valence-corrected chi connectivity index (χ0v) is 21.3. The number of nitrogens with zero attached hydrogens (tertiary/aromatic N) is 1. The summed E-state index contributed by atoms with van der Waals surface area (Å²) in [6.07, 6.45) is 2.79. The van der Waals surface area contributed by atoms with Gasteiger partial charge in [-0.1, -0.05) is 91.0 Å². The lowest BCUT2D eigenvalue weighted by Gasteiger charge is -2.38. The SMILES string of the molecule is CC(C)(C)OC(=O)N1CCCC(SC(c2ccccc2)(c2ccccc2)c2ccccc2)CC1. The zero-order valence-electron chi connectivity index (χ0n) is 20.4. The van der Waals surface area contributed by atoms with Gasteiger partial charge in [0.05, 0.1) is 4.75 Å². The van der Waals surface area contributed by atoms with Crippen LogP contribution in [0.15, 0.2) is 91.0 Å². The van der Waals surface area contributed by atoms with Gasteiger partial charge >= 0.3 is 6.09 Å². The molecule has 4 rings (SSSR count). The number of hydrogen-bond donors (Lipinski definition) is 0. The monoisotopic (exact) mass is 473 g/mol. The first-order valence-electron chi connectivity index (χ1n) is 12.2. The van der Waals surface area contributed by atoms with Gasteiger partial charge in [0.25, 0.3) is 0 Å². The molecule has 0 aromatic heterocycles. The van der Waals surface area contributed by atoms with Crippen LogP contribution in [0.4, 0.5) is 4.79 Å². The molecule has 1 amide bonds. The Balaban J connectivity index is 1.68. The molecule has 0 spiro atoms. The minimum absolute atomic E-state index is 0.196. The van der Waals surface area contributed by atoms with Crippen LogP contribution in [0.5, 0.6) is 0 Å². The predicted octanol–water partition coefficient (Wildman–Crippen LogP) is 7.50. The quantitative estimate of drug-likeness (QED) is 0.359. The number of benzene rings is 3. The van der Waals surface area contributed by atoms with E-state index in [4.69, 9.17) is 4.74 Å². The Morgan fingerprint density at radius 3 is 1.68 bits per heavy atom. The zero-order chi connectivity index (χ0) is 24.0. The first-order chi connectivity index (χ1) is 16.4. The van der Waals surface area contributed by atoms with Crippen LogP contribution < -0.4 is 0 Å². The Morgan fingerprint density at radius 2 is 1.24 bits per heavy atom. The van der Waals surface area contributed by atoms with Crippen LogP contribution in [-0.2, 0) is 9.48 Å². The fourth-order valence-electron chi connectivity index (χ4n) is 4.67. The van der Waals surface area contributed by atoms with Gasteiger partial charge in [0.1, 0.15) is 5.60 Å². The first-order valence-corrected chi connectivity index (χ1v) is 13.1. The van der Waals surface area contributed by atoms with Crippen LogP contribution in [0.25, 0.3) is 0 Å². The summed E-state index contributed by atoms with van der Waals surface area (Å²) in [6.45, 7) is 7.25. The molecular formula is C30H35NO2S. The molecule has 0 radical (unpaired) electrons. The summed E-state index contributed by atoms with van der Waals surface area (Å²) in [5.74, 6) is 0. The highest BCUT2D eigenvalue weighted by atomic mass is 32.2. The highest BCUT2D eigenvalue weighted by Crippen LogP contribution is 2.51. The van der Waals surface area contributed by atoms with Crippen molar-refractivity contribution in [2.45, 2.75) is 55.6 Å². The predicted molar refractivity (Wildman–Crippen MR) is 142 cm³/mol. The highest BCUT2D eigenvalue weighted by Gasteiger charge is 2.40. The molecular weight excluding hydrogens is 438 g/mol. The van der Waals surface area contributed by atoms with E-state index in [0.717, 1.165) is 32.4 Å². The molecule has 1 heterocycles. The van der Waals surface area contributed by atoms with Crippen molar-refractivity contribution >= 4 is 17.9 Å². The second kappa shape index (κ2) is 10.7. The number of ether oxygens (including phenoxy) is 1. The van der Waals surface area contributed by atoms with Gasteiger partial charge in [-0.3, -0.25) is 0 Å². The lowest BCUT2D eigenvalue weighted by atomic mass is 9.84. The maximum absolute atomic E-state index is 12.7. The smallest absolute Gasteiger partial charge is 0.410 e. The van der Waals surface area contributed by atoms with Crippen molar-refractivity contribution < 1.29 is 9.53 Å². The molecule has 0 bridgehead atoms. The van der Waals surface area contributed by atoms with E-state index in [-0.39, 0.29) is 10.8 Å². The molecule has 0 N–H and O–H groups in total. The van der Waals surface area contributed by atoms with E-state index >= 15 is 0 Å². The molecule has 1 aliphatic heterocycles. The number of amides is 1. The Labute approximate surface area is 208 Å². The van der Waals surface area contributed by atoms with Gasteiger partial charge in [-0.25, -0.2) is 4.79 Å². The lowest BCUT2D eigenvalue weighted by Crippen LogP contribution is -2.37. The third-order valence-corrected chi connectivity index (χ3v) is 8.08. The average Bonchev–Trinajstić information content (AvgIpc) is 3.09. The number of thioether (sulfide) groups is 1. The van der Waals surface area contributed by atoms with E-state index in [9.17, 15) is 4.79 Å². The van der Waals surface area contributed by atoms with Gasteiger partial charge in [0.2, 0.25) is 0 Å². The molecule has 178 valence electrons. The van der Waals surface area contributed by atoms with Crippen LogP contribution in [0, 0.1) is 0 Å². The Bertz CT molecular complexity index is 951. The third-order valence-electron chi connectivity index (χ3n) is 6.21. The molecule has 0 saturated carbocycles. The van der Waals surface area contributed by atoms with Gasteiger partial charge < -0.3 is 9.64 Å². The minimum Gasteiger partial charge on any atom is -0.444 e. The Morgan fingerprint density at radius 1 is 0.765 bits per heavy atom. The van der Waals surface area contributed by atoms with Crippen molar-refractivity contribution in [3.63, 3.8) is 0 Å². The van der Waals surface area contributed by atoms with Crippen LogP contribution in [0.1, 0.15) is 56.7 Å². The standard InChI is InChI=1S/C30H35NO2S/c1-29(2,3)33-28(32)31-22-13-20-27(21-23-31)34-30(24-14-7-4-8-15-24,25-16-9-5-10-17-25)26-18-11-6-12-19-26/h4-12,14-19,27H,13,20-23H2,1-3H3. The minimum atomic E-state index is -0.472. The van der Waals surface area contributed by atoms with E-state index in [1.165, 1.54) is 16.7 Å². The first kappa shape index (κ1) is 24.4. The van der Waals surface area contributed by atoms with Gasteiger partial charge in [-0.2, -0.15) is 0 Å². The molecule has 1 aliphatic rings. The summed E-state index contributed by atoms with van der Waals surface area (Å²) >= 11 is 2.03. The number of likely N-dealkylation sites (tertiary alicyclic amines) is 1. The van der Waals surface area contributed by atoms with E-state index in [1.807, 2.05) is 37.4 Å². The van der Waals surface area contributed by atoms with E-state index < -0.39 is 5.60 Å². The van der Waals surface area contributed by atoms with Crippen LogP contribution >= 0.6 is 11.8 Å². The summed E-state index contributed by atoms with van der Waals surface area (Å²) in [5.41, 5.74) is 3.38. The number of rotatable bonds is 5. The van der Waals surface area contributed by atoms with E-state index in [2.05, 4.69) is 91.0 Å². The molecule has 3 aromatic carbocycles. The van der Waals surface area contributed by atoms with Crippen molar-refractivity contribution in [1.29, 1.82) is 0 Å². The largest absolute Gasteiger partial charge is 0.444 e. The highest BCUT2D eigenvalue weighted by molar-refractivity contribution is 8.01. The molecule has 0 aliphatic carbocycles. The van der Waals surface area contributed by atoms with Crippen molar-refractivity contribution in [2.24, 2.45) is 0 Å². The normalized spacial score (nSPS) is 17.1. The summed E-state index contributed by atoms with van der Waals surface area (Å²) in [5, 5.41) is 0.410. The van der Waals surface area contributed by atoms with Crippen molar-refractivity contribution in [3.05, 3.63) is 108 Å². The van der Waals surface area contributed by atoms with Gasteiger partial charge in [0, 0.05) is 18.3 Å². The Hall–Kier alpha value is -2.72.